The number of hydrogen-bond acceptors (Lipinski definition) is 2. The summed E-state index contributed by atoms with van der Waals surface area (Å²) in [6.07, 6.45) is 6.84. The van der Waals surface area contributed by atoms with Gasteiger partial charge in [-0.15, -0.1) is 9.24 Å². The molecule has 0 radical (unpaired) electrons. The normalized spacial score (nSPS) is 31.9. The molecule has 0 heterocycles. The van der Waals surface area contributed by atoms with Crippen molar-refractivity contribution in [3.05, 3.63) is 0 Å². The Bertz CT molecular complexity index is 278. The molecule has 18 heavy (non-hydrogen) atoms. The van der Waals surface area contributed by atoms with Crippen LogP contribution in [-0.2, 0) is 0 Å². The van der Waals surface area contributed by atoms with Crippen LogP contribution in [0.15, 0.2) is 0 Å². The summed E-state index contributed by atoms with van der Waals surface area (Å²) in [5.41, 5.74) is 0. The fourth-order valence-corrected chi connectivity index (χ4v) is 4.34. The smallest absolute Gasteiger partial charge is 0.0407 e. The van der Waals surface area contributed by atoms with Gasteiger partial charge in [0.05, 0.1) is 0 Å². The Kier molecular flexibility index (Phi) is 6.72. The molecular formula is C15H30NPS. The van der Waals surface area contributed by atoms with Gasteiger partial charge in [0.2, 0.25) is 0 Å². The Morgan fingerprint density at radius 3 is 2.72 bits per heavy atom. The monoisotopic (exact) mass is 287 g/mol. The van der Waals surface area contributed by atoms with E-state index in [-0.39, 0.29) is 0 Å². The van der Waals surface area contributed by atoms with Crippen LogP contribution in [0.3, 0.4) is 0 Å². The fraction of sp³-hybridized carbons (Fsp3) is 0.933. The molecule has 0 saturated heterocycles. The van der Waals surface area contributed by atoms with Gasteiger partial charge < -0.3 is 5.32 Å². The number of nitrogens with one attached hydrogen (secondary N) is 1. The molecule has 1 fully saturated rings. The third-order valence-electron chi connectivity index (χ3n) is 4.25. The van der Waals surface area contributed by atoms with E-state index in [2.05, 4.69) is 42.3 Å². The SMILES string of the molecule is CCNC(C(C)=S)C(C)CC1CCCC(C)(P)C1. The lowest BCUT2D eigenvalue weighted by Gasteiger charge is -2.37. The van der Waals surface area contributed by atoms with Crippen LogP contribution in [-0.4, -0.2) is 22.6 Å². The quantitative estimate of drug-likeness (QED) is 0.580. The second-order valence-corrected chi connectivity index (χ2v) is 8.51. The molecule has 5 atom stereocenters. The zero-order valence-corrected chi connectivity index (χ0v) is 14.4. The Balaban J connectivity index is 2.51. The van der Waals surface area contributed by atoms with Crippen molar-refractivity contribution in [3.63, 3.8) is 0 Å². The van der Waals surface area contributed by atoms with Crippen LogP contribution >= 0.6 is 21.5 Å². The van der Waals surface area contributed by atoms with Gasteiger partial charge in [-0.25, -0.2) is 0 Å². The second-order valence-electron chi connectivity index (χ2n) is 6.48. The van der Waals surface area contributed by atoms with Gasteiger partial charge in [-0.3, -0.25) is 0 Å². The summed E-state index contributed by atoms with van der Waals surface area (Å²) in [5, 5.41) is 4.02. The first-order valence-electron chi connectivity index (χ1n) is 7.38. The molecule has 1 N–H and O–H groups in total. The summed E-state index contributed by atoms with van der Waals surface area (Å²) < 4.78 is 0. The van der Waals surface area contributed by atoms with Gasteiger partial charge in [-0.1, -0.05) is 45.8 Å². The van der Waals surface area contributed by atoms with Crippen molar-refractivity contribution in [2.75, 3.05) is 6.54 Å². The Hall–Kier alpha value is 0.480. The van der Waals surface area contributed by atoms with Crippen LogP contribution in [0.4, 0.5) is 0 Å². The van der Waals surface area contributed by atoms with Crippen LogP contribution in [0, 0.1) is 11.8 Å². The minimum atomic E-state index is 0.419. The van der Waals surface area contributed by atoms with Crippen LogP contribution in [0.25, 0.3) is 0 Å². The standard InChI is InChI=1S/C15H30NPS/c1-5-16-14(12(3)18)11(2)9-13-7-6-8-15(4,17)10-13/h11,13-14,16H,5-10,17H2,1-4H3. The minimum Gasteiger partial charge on any atom is -0.310 e. The molecule has 0 bridgehead atoms. The highest BCUT2D eigenvalue weighted by Gasteiger charge is 2.30. The van der Waals surface area contributed by atoms with Crippen LogP contribution in [0.1, 0.15) is 59.8 Å². The minimum absolute atomic E-state index is 0.419. The maximum absolute atomic E-state index is 5.40. The lowest BCUT2D eigenvalue weighted by molar-refractivity contribution is 0.251. The molecule has 0 aliphatic heterocycles. The van der Waals surface area contributed by atoms with Gasteiger partial charge in [0.1, 0.15) is 0 Å². The van der Waals surface area contributed by atoms with Crippen molar-refractivity contribution < 1.29 is 0 Å². The topological polar surface area (TPSA) is 12.0 Å². The van der Waals surface area contributed by atoms with Crippen molar-refractivity contribution in [2.24, 2.45) is 11.8 Å². The van der Waals surface area contributed by atoms with E-state index in [1.165, 1.54) is 32.1 Å². The summed E-state index contributed by atoms with van der Waals surface area (Å²) in [4.78, 5) is 1.12. The zero-order chi connectivity index (χ0) is 13.8. The lowest BCUT2D eigenvalue weighted by Crippen LogP contribution is -2.41. The van der Waals surface area contributed by atoms with Crippen LogP contribution in [0.2, 0.25) is 0 Å². The molecule has 1 rings (SSSR count). The molecule has 1 nitrogen and oxygen atoms in total. The van der Waals surface area contributed by atoms with E-state index in [4.69, 9.17) is 12.2 Å². The van der Waals surface area contributed by atoms with Crippen molar-refractivity contribution in [3.8, 4) is 0 Å². The average molecular weight is 287 g/mol. The summed E-state index contributed by atoms with van der Waals surface area (Å²) in [5.74, 6) is 1.54. The number of hydrogen-bond donors (Lipinski definition) is 1. The molecule has 1 aliphatic rings. The lowest BCUT2D eigenvalue weighted by atomic mass is 9.76. The van der Waals surface area contributed by atoms with Crippen molar-refractivity contribution >= 4 is 26.3 Å². The molecular weight excluding hydrogens is 257 g/mol. The molecule has 3 heteroatoms. The molecule has 0 spiro atoms. The molecule has 1 aliphatic carbocycles. The predicted octanol–water partition coefficient (Wildman–Crippen LogP) is 4.20. The Morgan fingerprint density at radius 2 is 2.22 bits per heavy atom. The first kappa shape index (κ1) is 16.5. The first-order valence-corrected chi connectivity index (χ1v) is 8.37. The van der Waals surface area contributed by atoms with Crippen molar-refractivity contribution in [2.45, 2.75) is 71.0 Å². The third-order valence-corrected chi connectivity index (χ3v) is 5.03. The summed E-state index contributed by atoms with van der Waals surface area (Å²) in [7, 11) is 3.07. The highest BCUT2D eigenvalue weighted by molar-refractivity contribution is 7.80. The van der Waals surface area contributed by atoms with E-state index in [1.54, 1.807) is 0 Å². The summed E-state index contributed by atoms with van der Waals surface area (Å²) in [6.45, 7) is 10.0. The van der Waals surface area contributed by atoms with E-state index in [1.807, 2.05) is 0 Å². The van der Waals surface area contributed by atoms with E-state index < -0.39 is 0 Å². The second kappa shape index (κ2) is 7.31. The Labute approximate surface area is 121 Å². The van der Waals surface area contributed by atoms with Gasteiger partial charge in [-0.2, -0.15) is 0 Å². The molecule has 1 saturated carbocycles. The summed E-state index contributed by atoms with van der Waals surface area (Å²) in [6, 6.07) is 0.419. The van der Waals surface area contributed by atoms with E-state index >= 15 is 0 Å². The molecule has 0 aromatic heterocycles. The first-order chi connectivity index (χ1) is 8.35. The molecule has 0 aromatic rings. The van der Waals surface area contributed by atoms with Gasteiger partial charge in [0.25, 0.3) is 0 Å². The molecule has 0 aromatic carbocycles. The van der Waals surface area contributed by atoms with E-state index in [9.17, 15) is 0 Å². The highest BCUT2D eigenvalue weighted by atomic mass is 32.1. The zero-order valence-electron chi connectivity index (χ0n) is 12.5. The maximum atomic E-state index is 5.40. The molecule has 0 amide bonds. The summed E-state index contributed by atoms with van der Waals surface area (Å²) >= 11 is 5.40. The van der Waals surface area contributed by atoms with Gasteiger partial charge >= 0.3 is 0 Å². The predicted molar refractivity (Wildman–Crippen MR) is 89.6 cm³/mol. The number of thiocarbonyl (C=S) groups is 1. The van der Waals surface area contributed by atoms with Gasteiger partial charge in [0, 0.05) is 10.9 Å². The van der Waals surface area contributed by atoms with Crippen LogP contribution < -0.4 is 5.32 Å². The molecule has 106 valence electrons. The van der Waals surface area contributed by atoms with Gasteiger partial charge in [0.15, 0.2) is 0 Å². The maximum Gasteiger partial charge on any atom is 0.0407 e. The van der Waals surface area contributed by atoms with Crippen LogP contribution in [0.5, 0.6) is 0 Å². The third kappa shape index (κ3) is 5.23. The van der Waals surface area contributed by atoms with Crippen molar-refractivity contribution in [1.29, 1.82) is 0 Å². The fourth-order valence-electron chi connectivity index (χ4n) is 3.49. The van der Waals surface area contributed by atoms with Crippen molar-refractivity contribution in [1.82, 2.24) is 5.32 Å². The average Bonchev–Trinajstić information content (AvgIpc) is 2.23. The number of rotatable bonds is 6. The van der Waals surface area contributed by atoms with E-state index in [0.29, 0.717) is 17.1 Å². The van der Waals surface area contributed by atoms with E-state index in [0.717, 1.165) is 17.3 Å². The van der Waals surface area contributed by atoms with Gasteiger partial charge in [-0.05, 0) is 49.7 Å². The molecule has 5 unspecified atom stereocenters. The largest absolute Gasteiger partial charge is 0.310 e. The highest BCUT2D eigenvalue weighted by Crippen LogP contribution is 2.41. The Morgan fingerprint density at radius 1 is 1.56 bits per heavy atom.